The lowest BCUT2D eigenvalue weighted by atomic mass is 10.4. The molecule has 0 aliphatic heterocycles. The zero-order valence-corrected chi connectivity index (χ0v) is 15.1. The van der Waals surface area contributed by atoms with Gasteiger partial charge in [-0.05, 0) is 17.5 Å². The average Bonchev–Trinajstić information content (AvgIpc) is 3.32. The predicted octanol–water partition coefficient (Wildman–Crippen LogP) is 0.978. The van der Waals surface area contributed by atoms with Gasteiger partial charge in [0.25, 0.3) is 5.56 Å². The maximum Gasteiger partial charge on any atom is 0.308 e. The summed E-state index contributed by atoms with van der Waals surface area (Å²) in [6, 6.07) is 3.54. The molecule has 0 atom stereocenters. The van der Waals surface area contributed by atoms with E-state index < -0.39 is 0 Å². The summed E-state index contributed by atoms with van der Waals surface area (Å²) in [6.07, 6.45) is 3.38. The predicted molar refractivity (Wildman–Crippen MR) is 98.5 cm³/mol. The largest absolute Gasteiger partial charge is 0.457 e. The van der Waals surface area contributed by atoms with Gasteiger partial charge in [-0.15, -0.1) is 21.5 Å². The van der Waals surface area contributed by atoms with Gasteiger partial charge in [-0.3, -0.25) is 18.6 Å². The standard InChI is InChI=1S/C16H15N7O3S/c1-22-14(25)13-10(4-8-27-13)23-11(20-21-16(22)23)9-26-12(24)3-7-19-15-17-5-2-6-18-15/h2,4-6,8H,3,7,9H2,1H3,(H,17,18,19). The van der Waals surface area contributed by atoms with Crippen LogP contribution in [0, 0.1) is 0 Å². The fourth-order valence-electron chi connectivity index (χ4n) is 2.63. The van der Waals surface area contributed by atoms with Crippen LogP contribution in [-0.4, -0.2) is 41.6 Å². The first kappa shape index (κ1) is 17.1. The first-order valence-corrected chi connectivity index (χ1v) is 9.00. The van der Waals surface area contributed by atoms with E-state index in [1.54, 1.807) is 29.9 Å². The Labute approximate surface area is 156 Å². The lowest BCUT2D eigenvalue weighted by Gasteiger charge is -2.07. The first-order valence-electron chi connectivity index (χ1n) is 8.12. The Balaban J connectivity index is 1.45. The molecule has 0 amide bonds. The molecule has 1 N–H and O–H groups in total. The summed E-state index contributed by atoms with van der Waals surface area (Å²) in [5.41, 5.74) is 0.578. The highest BCUT2D eigenvalue weighted by atomic mass is 32.1. The number of aromatic nitrogens is 6. The first-order chi connectivity index (χ1) is 13.1. The van der Waals surface area contributed by atoms with Gasteiger partial charge in [0, 0.05) is 26.0 Å². The highest BCUT2D eigenvalue weighted by Gasteiger charge is 2.16. The summed E-state index contributed by atoms with van der Waals surface area (Å²) in [6.45, 7) is 0.317. The molecule has 0 saturated heterocycles. The Morgan fingerprint density at radius 3 is 2.93 bits per heavy atom. The van der Waals surface area contributed by atoms with Crippen molar-refractivity contribution in [2.45, 2.75) is 13.0 Å². The van der Waals surface area contributed by atoms with E-state index in [9.17, 15) is 9.59 Å². The lowest BCUT2D eigenvalue weighted by molar-refractivity contribution is -0.144. The van der Waals surface area contributed by atoms with Crippen molar-refractivity contribution in [3.8, 4) is 0 Å². The van der Waals surface area contributed by atoms with E-state index in [0.717, 1.165) is 0 Å². The van der Waals surface area contributed by atoms with Crippen LogP contribution in [0.3, 0.4) is 0 Å². The van der Waals surface area contributed by atoms with Crippen LogP contribution in [-0.2, 0) is 23.2 Å². The molecule has 11 heteroatoms. The Kier molecular flexibility index (Phi) is 4.50. The third kappa shape index (κ3) is 3.24. The topological polar surface area (TPSA) is 116 Å². The number of thiophene rings is 1. The number of fused-ring (bicyclic) bond motifs is 3. The summed E-state index contributed by atoms with van der Waals surface area (Å²) in [4.78, 5) is 32.3. The van der Waals surface area contributed by atoms with E-state index in [2.05, 4.69) is 25.5 Å². The van der Waals surface area contributed by atoms with Crippen molar-refractivity contribution in [3.63, 3.8) is 0 Å². The summed E-state index contributed by atoms with van der Waals surface area (Å²) in [5, 5.41) is 12.9. The zero-order valence-electron chi connectivity index (χ0n) is 14.3. The molecule has 0 aliphatic carbocycles. The van der Waals surface area contributed by atoms with E-state index in [0.29, 0.717) is 34.3 Å². The molecule has 27 heavy (non-hydrogen) atoms. The fourth-order valence-corrected chi connectivity index (χ4v) is 3.48. The van der Waals surface area contributed by atoms with E-state index >= 15 is 0 Å². The van der Waals surface area contributed by atoms with Crippen molar-refractivity contribution in [3.05, 3.63) is 46.1 Å². The number of nitrogens with zero attached hydrogens (tertiary/aromatic N) is 6. The minimum absolute atomic E-state index is 0.0367. The van der Waals surface area contributed by atoms with Gasteiger partial charge in [-0.1, -0.05) is 0 Å². The van der Waals surface area contributed by atoms with Crippen molar-refractivity contribution >= 4 is 39.2 Å². The summed E-state index contributed by atoms with van der Waals surface area (Å²) in [7, 11) is 1.64. The van der Waals surface area contributed by atoms with Crippen LogP contribution in [0.5, 0.6) is 0 Å². The number of ether oxygens (including phenoxy) is 1. The van der Waals surface area contributed by atoms with Gasteiger partial charge >= 0.3 is 5.97 Å². The van der Waals surface area contributed by atoms with Crippen molar-refractivity contribution in [1.29, 1.82) is 0 Å². The summed E-state index contributed by atoms with van der Waals surface area (Å²) < 4.78 is 9.07. The van der Waals surface area contributed by atoms with Crippen molar-refractivity contribution in [2.75, 3.05) is 11.9 Å². The van der Waals surface area contributed by atoms with E-state index in [-0.39, 0.29) is 24.6 Å². The third-order valence-corrected chi connectivity index (χ3v) is 4.83. The van der Waals surface area contributed by atoms with Crippen molar-refractivity contribution in [1.82, 2.24) is 29.1 Å². The van der Waals surface area contributed by atoms with Crippen molar-refractivity contribution < 1.29 is 9.53 Å². The molecule has 10 nitrogen and oxygen atoms in total. The highest BCUT2D eigenvalue weighted by molar-refractivity contribution is 7.17. The molecule has 0 radical (unpaired) electrons. The second kappa shape index (κ2) is 7.11. The molecule has 0 spiro atoms. The molecule has 0 aromatic carbocycles. The minimum Gasteiger partial charge on any atom is -0.457 e. The molecule has 138 valence electrons. The number of anilines is 1. The Morgan fingerprint density at radius 1 is 1.30 bits per heavy atom. The van der Waals surface area contributed by atoms with E-state index in [1.165, 1.54) is 15.9 Å². The van der Waals surface area contributed by atoms with E-state index in [4.69, 9.17) is 4.74 Å². The number of carbonyl (C=O) groups excluding carboxylic acids is 1. The van der Waals surface area contributed by atoms with Gasteiger partial charge in [0.2, 0.25) is 11.7 Å². The van der Waals surface area contributed by atoms with Crippen LogP contribution in [0.1, 0.15) is 12.2 Å². The molecular formula is C16H15N7O3S. The van der Waals surface area contributed by atoms with Gasteiger partial charge in [0.1, 0.15) is 4.70 Å². The normalized spacial score (nSPS) is 11.1. The number of rotatable bonds is 6. The SMILES string of the molecule is Cn1c(=O)c2sccc2n2c(COC(=O)CCNc3ncccn3)nnc12. The van der Waals surface area contributed by atoms with Gasteiger partial charge in [-0.2, -0.15) is 0 Å². The number of hydrogen-bond acceptors (Lipinski definition) is 9. The minimum atomic E-state index is -0.387. The molecule has 4 rings (SSSR count). The van der Waals surface area contributed by atoms with Crippen LogP contribution in [0.2, 0.25) is 0 Å². The molecule has 0 unspecified atom stereocenters. The third-order valence-electron chi connectivity index (χ3n) is 3.94. The van der Waals surface area contributed by atoms with Crippen LogP contribution in [0.4, 0.5) is 5.95 Å². The monoisotopic (exact) mass is 385 g/mol. The summed E-state index contributed by atoms with van der Waals surface area (Å²) in [5.74, 6) is 0.924. The molecule has 0 fully saturated rings. The van der Waals surface area contributed by atoms with Gasteiger partial charge in [0.05, 0.1) is 11.9 Å². The van der Waals surface area contributed by atoms with Gasteiger partial charge < -0.3 is 10.1 Å². The average molecular weight is 385 g/mol. The van der Waals surface area contributed by atoms with Crippen molar-refractivity contribution in [2.24, 2.45) is 7.05 Å². The molecule has 0 aliphatic rings. The number of nitrogens with one attached hydrogen (secondary N) is 1. The van der Waals surface area contributed by atoms with Crippen LogP contribution in [0.25, 0.3) is 16.0 Å². The number of esters is 1. The van der Waals surface area contributed by atoms with Gasteiger partial charge in [-0.25, -0.2) is 9.97 Å². The molecular weight excluding hydrogens is 370 g/mol. The second-order valence-corrected chi connectivity index (χ2v) is 6.58. The van der Waals surface area contributed by atoms with Gasteiger partial charge in [0.15, 0.2) is 12.4 Å². The zero-order chi connectivity index (χ0) is 18.8. The van der Waals surface area contributed by atoms with E-state index in [1.807, 2.05) is 11.4 Å². The molecule has 4 aromatic heterocycles. The highest BCUT2D eigenvalue weighted by Crippen LogP contribution is 2.19. The fraction of sp³-hybridized carbons (Fsp3) is 0.250. The number of aryl methyl sites for hydroxylation is 1. The Hall–Kier alpha value is -3.34. The van der Waals surface area contributed by atoms with Crippen LogP contribution < -0.4 is 10.9 Å². The second-order valence-electron chi connectivity index (χ2n) is 5.66. The maximum atomic E-state index is 12.3. The molecule has 0 bridgehead atoms. The van der Waals surface area contributed by atoms with Crippen LogP contribution in [0.15, 0.2) is 34.7 Å². The Morgan fingerprint density at radius 2 is 2.11 bits per heavy atom. The number of carbonyl (C=O) groups is 1. The molecule has 4 heterocycles. The smallest absolute Gasteiger partial charge is 0.308 e. The Bertz CT molecular complexity index is 1170. The number of hydrogen-bond donors (Lipinski definition) is 1. The van der Waals surface area contributed by atoms with Crippen LogP contribution >= 0.6 is 11.3 Å². The quantitative estimate of drug-likeness (QED) is 0.488. The maximum absolute atomic E-state index is 12.3. The summed E-state index contributed by atoms with van der Waals surface area (Å²) >= 11 is 1.35. The molecule has 4 aromatic rings. The lowest BCUT2D eigenvalue weighted by Crippen LogP contribution is -2.19. The molecule has 0 saturated carbocycles.